The molecule has 1 heterocycles. The molecule has 0 unspecified atom stereocenters. The molecule has 4 aliphatic carbocycles. The van der Waals surface area contributed by atoms with Crippen molar-refractivity contribution in [2.24, 2.45) is 23.2 Å². The minimum Gasteiger partial charge on any atom is -0.273 e. The third kappa shape index (κ3) is 2.99. The molecule has 4 fully saturated rings. The first kappa shape index (κ1) is 17.4. The van der Waals surface area contributed by atoms with Crippen molar-refractivity contribution in [2.75, 3.05) is 0 Å². The summed E-state index contributed by atoms with van der Waals surface area (Å²) < 4.78 is 0. The van der Waals surface area contributed by atoms with E-state index in [1.54, 1.807) is 24.3 Å². The Morgan fingerprint density at radius 2 is 1.61 bits per heavy atom. The van der Waals surface area contributed by atoms with Crippen molar-refractivity contribution in [1.82, 2.24) is 21.0 Å². The third-order valence-corrected chi connectivity index (χ3v) is 6.93. The SMILES string of the molecule is O=C(CC12CC3CC(CC(C3)C1)C2)NNC(=O)c1n[nH]c(=O)c2ccccc12. The molecular formula is C21H24N4O3. The summed E-state index contributed by atoms with van der Waals surface area (Å²) in [6, 6.07) is 6.78. The molecule has 7 heteroatoms. The highest BCUT2D eigenvalue weighted by Crippen LogP contribution is 2.61. The summed E-state index contributed by atoms with van der Waals surface area (Å²) in [5.41, 5.74) is 4.89. The Labute approximate surface area is 162 Å². The molecule has 2 aromatic rings. The number of amides is 2. The summed E-state index contributed by atoms with van der Waals surface area (Å²) in [5.74, 6) is 1.66. The lowest BCUT2D eigenvalue weighted by atomic mass is 9.49. The van der Waals surface area contributed by atoms with E-state index in [4.69, 9.17) is 0 Å². The van der Waals surface area contributed by atoms with Crippen LogP contribution in [0, 0.1) is 23.2 Å². The van der Waals surface area contributed by atoms with E-state index in [1.165, 1.54) is 19.3 Å². The summed E-state index contributed by atoms with van der Waals surface area (Å²) >= 11 is 0. The number of carbonyl (C=O) groups is 2. The van der Waals surface area contributed by atoms with Gasteiger partial charge in [-0.3, -0.25) is 25.2 Å². The molecule has 1 aromatic carbocycles. The molecule has 0 atom stereocenters. The Balaban J connectivity index is 1.26. The fourth-order valence-corrected chi connectivity index (χ4v) is 6.36. The maximum Gasteiger partial charge on any atom is 0.290 e. The standard InChI is InChI=1S/C21H24N4O3/c26-17(11-21-8-12-5-13(9-21)7-14(6-12)10-21)22-25-20(28)18-15-3-1-2-4-16(15)19(27)24-23-18/h1-4,12-14H,5-11H2,(H,22,26)(H,24,27)(H,25,28). The number of H-pyrrole nitrogens is 1. The van der Waals surface area contributed by atoms with Crippen molar-refractivity contribution in [3.63, 3.8) is 0 Å². The molecule has 7 nitrogen and oxygen atoms in total. The van der Waals surface area contributed by atoms with Crippen molar-refractivity contribution in [3.05, 3.63) is 40.3 Å². The topological polar surface area (TPSA) is 104 Å². The minimum atomic E-state index is -0.536. The van der Waals surface area contributed by atoms with Gasteiger partial charge in [-0.1, -0.05) is 18.2 Å². The minimum absolute atomic E-state index is 0.0882. The number of benzene rings is 1. The highest BCUT2D eigenvalue weighted by Gasteiger charge is 2.51. The van der Waals surface area contributed by atoms with Crippen LogP contribution in [0.1, 0.15) is 55.4 Å². The van der Waals surface area contributed by atoms with Gasteiger partial charge in [0.25, 0.3) is 11.5 Å². The molecule has 28 heavy (non-hydrogen) atoms. The fourth-order valence-electron chi connectivity index (χ4n) is 6.36. The first-order chi connectivity index (χ1) is 13.5. The predicted octanol–water partition coefficient (Wildman–Crippen LogP) is 2.29. The molecule has 1 aromatic heterocycles. The quantitative estimate of drug-likeness (QED) is 0.711. The normalized spacial score (nSPS) is 30.4. The summed E-state index contributed by atoms with van der Waals surface area (Å²) in [7, 11) is 0. The molecule has 146 valence electrons. The molecule has 4 bridgehead atoms. The molecule has 4 saturated carbocycles. The fraction of sp³-hybridized carbons (Fsp3) is 0.524. The third-order valence-electron chi connectivity index (χ3n) is 6.93. The average Bonchev–Trinajstić information content (AvgIpc) is 2.65. The second-order valence-electron chi connectivity index (χ2n) is 9.04. The summed E-state index contributed by atoms with van der Waals surface area (Å²) in [5, 5.41) is 7.05. The Hall–Kier alpha value is -2.70. The van der Waals surface area contributed by atoms with Gasteiger partial charge in [0.05, 0.1) is 5.39 Å². The largest absolute Gasteiger partial charge is 0.290 e. The van der Waals surface area contributed by atoms with Crippen LogP contribution in [0.4, 0.5) is 0 Å². The van der Waals surface area contributed by atoms with Crippen molar-refractivity contribution in [1.29, 1.82) is 0 Å². The van der Waals surface area contributed by atoms with E-state index in [2.05, 4.69) is 21.0 Å². The van der Waals surface area contributed by atoms with Crippen LogP contribution in [-0.2, 0) is 4.79 Å². The van der Waals surface area contributed by atoms with Gasteiger partial charge in [0.1, 0.15) is 0 Å². The Bertz CT molecular complexity index is 977. The maximum atomic E-state index is 12.6. The predicted molar refractivity (Wildman–Crippen MR) is 103 cm³/mol. The lowest BCUT2D eigenvalue weighted by molar-refractivity contribution is -0.130. The monoisotopic (exact) mass is 380 g/mol. The van der Waals surface area contributed by atoms with Gasteiger partial charge in [0.2, 0.25) is 5.91 Å². The van der Waals surface area contributed by atoms with Gasteiger partial charge in [-0.2, -0.15) is 5.10 Å². The van der Waals surface area contributed by atoms with Crippen molar-refractivity contribution in [2.45, 2.75) is 44.9 Å². The van der Waals surface area contributed by atoms with E-state index < -0.39 is 5.91 Å². The van der Waals surface area contributed by atoms with E-state index in [0.717, 1.165) is 37.0 Å². The summed E-state index contributed by atoms with van der Waals surface area (Å²) in [6.45, 7) is 0. The first-order valence-corrected chi connectivity index (χ1v) is 10.1. The van der Waals surface area contributed by atoms with Gasteiger partial charge in [-0.05, 0) is 67.8 Å². The molecule has 3 N–H and O–H groups in total. The molecule has 0 aliphatic heterocycles. The lowest BCUT2D eigenvalue weighted by Gasteiger charge is -2.56. The number of hydrazine groups is 1. The summed E-state index contributed by atoms with van der Waals surface area (Å²) in [6.07, 6.45) is 7.91. The summed E-state index contributed by atoms with van der Waals surface area (Å²) in [4.78, 5) is 37.0. The molecule has 4 aliphatic rings. The number of nitrogens with one attached hydrogen (secondary N) is 3. The van der Waals surface area contributed by atoms with Crippen LogP contribution in [0.15, 0.2) is 29.1 Å². The number of carbonyl (C=O) groups excluding carboxylic acids is 2. The number of nitrogens with zero attached hydrogens (tertiary/aromatic N) is 1. The molecular weight excluding hydrogens is 356 g/mol. The number of rotatable bonds is 3. The second-order valence-corrected chi connectivity index (χ2v) is 9.04. The van der Waals surface area contributed by atoms with Crippen molar-refractivity contribution >= 4 is 22.6 Å². The smallest absolute Gasteiger partial charge is 0.273 e. The average molecular weight is 380 g/mol. The number of hydrogen-bond donors (Lipinski definition) is 3. The number of aromatic amines is 1. The second kappa shape index (κ2) is 6.43. The highest BCUT2D eigenvalue weighted by atomic mass is 16.2. The van der Waals surface area contributed by atoms with Crippen LogP contribution in [0.5, 0.6) is 0 Å². The van der Waals surface area contributed by atoms with E-state index in [0.29, 0.717) is 17.2 Å². The zero-order chi connectivity index (χ0) is 19.3. The van der Waals surface area contributed by atoms with E-state index in [-0.39, 0.29) is 22.6 Å². The molecule has 0 spiro atoms. The van der Waals surface area contributed by atoms with E-state index >= 15 is 0 Å². The number of fused-ring (bicyclic) bond motifs is 1. The lowest BCUT2D eigenvalue weighted by Crippen LogP contribution is -2.50. The van der Waals surface area contributed by atoms with Gasteiger partial charge >= 0.3 is 0 Å². The van der Waals surface area contributed by atoms with E-state index in [1.807, 2.05) is 0 Å². The van der Waals surface area contributed by atoms with E-state index in [9.17, 15) is 14.4 Å². The van der Waals surface area contributed by atoms with Crippen LogP contribution in [0.3, 0.4) is 0 Å². The molecule has 0 saturated heterocycles. The van der Waals surface area contributed by atoms with Crippen LogP contribution >= 0.6 is 0 Å². The van der Waals surface area contributed by atoms with Crippen LogP contribution in [0.25, 0.3) is 10.8 Å². The van der Waals surface area contributed by atoms with Gasteiger partial charge in [0, 0.05) is 11.8 Å². The molecule has 2 amide bonds. The number of aromatic nitrogens is 2. The first-order valence-electron chi connectivity index (χ1n) is 10.1. The Morgan fingerprint density at radius 3 is 2.25 bits per heavy atom. The zero-order valence-corrected chi connectivity index (χ0v) is 15.7. The van der Waals surface area contributed by atoms with Crippen LogP contribution < -0.4 is 16.4 Å². The number of hydrogen-bond acceptors (Lipinski definition) is 4. The molecule has 6 rings (SSSR count). The van der Waals surface area contributed by atoms with Gasteiger partial charge < -0.3 is 0 Å². The Morgan fingerprint density at radius 1 is 1.00 bits per heavy atom. The molecule has 0 radical (unpaired) electrons. The van der Waals surface area contributed by atoms with Gasteiger partial charge in [-0.25, -0.2) is 5.10 Å². The van der Waals surface area contributed by atoms with Crippen LogP contribution in [-0.4, -0.2) is 22.0 Å². The Kier molecular flexibility index (Phi) is 4.00. The van der Waals surface area contributed by atoms with Crippen molar-refractivity contribution in [3.8, 4) is 0 Å². The maximum absolute atomic E-state index is 12.6. The van der Waals surface area contributed by atoms with Crippen molar-refractivity contribution < 1.29 is 9.59 Å². The van der Waals surface area contributed by atoms with Gasteiger partial charge in [0.15, 0.2) is 5.69 Å². The van der Waals surface area contributed by atoms with Crippen LogP contribution in [0.2, 0.25) is 0 Å². The zero-order valence-electron chi connectivity index (χ0n) is 15.7. The van der Waals surface area contributed by atoms with Gasteiger partial charge in [-0.15, -0.1) is 0 Å². The highest BCUT2D eigenvalue weighted by molar-refractivity contribution is 6.05.